The number of aromatic nitrogens is 1. The third-order valence-corrected chi connectivity index (χ3v) is 6.50. The third-order valence-electron chi connectivity index (χ3n) is 4.26. The van der Waals surface area contributed by atoms with Gasteiger partial charge >= 0.3 is 6.18 Å². The number of aliphatic imine (C=N–C) groups is 1. The Labute approximate surface area is 190 Å². The standard InChI is InChI=1S/C16H26F3N5O2S2.HI/c1-2-20-15(21-7-6-14-24-13(11-27-14)16(17,18)19)22-8-9-28(25,26)23-10-12-4-3-5-12;/h11-12,23H,2-10H2,1H3,(H2,20,21,22);1H. The maximum atomic E-state index is 12.6. The van der Waals surface area contributed by atoms with Gasteiger partial charge in [0.05, 0.1) is 17.3 Å². The van der Waals surface area contributed by atoms with Crippen molar-refractivity contribution in [2.45, 2.75) is 38.8 Å². The van der Waals surface area contributed by atoms with Crippen molar-refractivity contribution in [3.63, 3.8) is 0 Å². The number of nitrogens with one attached hydrogen (secondary N) is 3. The first kappa shape index (κ1) is 26.4. The lowest BCUT2D eigenvalue weighted by atomic mass is 9.86. The van der Waals surface area contributed by atoms with Crippen LogP contribution in [0.25, 0.3) is 0 Å². The molecule has 0 unspecified atom stereocenters. The third kappa shape index (κ3) is 9.79. The predicted octanol–water partition coefficient (Wildman–Crippen LogP) is 2.60. The monoisotopic (exact) mass is 569 g/mol. The fourth-order valence-corrected chi connectivity index (χ4v) is 4.25. The van der Waals surface area contributed by atoms with Gasteiger partial charge in [-0.05, 0) is 25.7 Å². The Morgan fingerprint density at radius 1 is 1.34 bits per heavy atom. The molecule has 0 radical (unpaired) electrons. The van der Waals surface area contributed by atoms with Crippen LogP contribution in [0.1, 0.15) is 36.9 Å². The van der Waals surface area contributed by atoms with Crippen molar-refractivity contribution in [2.24, 2.45) is 10.9 Å². The van der Waals surface area contributed by atoms with Gasteiger partial charge < -0.3 is 10.6 Å². The molecule has 0 aromatic carbocycles. The molecule has 0 bridgehead atoms. The van der Waals surface area contributed by atoms with Gasteiger partial charge in [0.25, 0.3) is 0 Å². The SMILES string of the molecule is CCNC(=NCCS(=O)(=O)NCC1CCC1)NCCc1nc(C(F)(F)F)cs1.I. The smallest absolute Gasteiger partial charge is 0.357 e. The van der Waals surface area contributed by atoms with Crippen LogP contribution < -0.4 is 15.4 Å². The fourth-order valence-electron chi connectivity index (χ4n) is 2.48. The zero-order valence-corrected chi connectivity index (χ0v) is 20.1. The summed E-state index contributed by atoms with van der Waals surface area (Å²) in [6.45, 7) is 3.35. The lowest BCUT2D eigenvalue weighted by molar-refractivity contribution is -0.140. The molecule has 7 nitrogen and oxygen atoms in total. The van der Waals surface area contributed by atoms with E-state index in [0.717, 1.165) is 36.0 Å². The van der Waals surface area contributed by atoms with Gasteiger partial charge in [-0.3, -0.25) is 4.99 Å². The average Bonchev–Trinajstić information content (AvgIpc) is 3.02. The molecule has 13 heteroatoms. The van der Waals surface area contributed by atoms with Gasteiger partial charge in [0.2, 0.25) is 10.0 Å². The minimum Gasteiger partial charge on any atom is -0.357 e. The topological polar surface area (TPSA) is 95.5 Å². The van der Waals surface area contributed by atoms with Crippen LogP contribution in [0.5, 0.6) is 0 Å². The Morgan fingerprint density at radius 2 is 2.07 bits per heavy atom. The van der Waals surface area contributed by atoms with Gasteiger partial charge in [0.15, 0.2) is 11.7 Å². The van der Waals surface area contributed by atoms with E-state index in [1.165, 1.54) is 0 Å². The van der Waals surface area contributed by atoms with Crippen molar-refractivity contribution in [1.82, 2.24) is 20.3 Å². The van der Waals surface area contributed by atoms with E-state index in [-0.39, 0.29) is 36.3 Å². The van der Waals surface area contributed by atoms with Crippen LogP contribution in [0, 0.1) is 5.92 Å². The molecule has 3 N–H and O–H groups in total. The van der Waals surface area contributed by atoms with Crippen molar-refractivity contribution < 1.29 is 21.6 Å². The van der Waals surface area contributed by atoms with Gasteiger partial charge in [-0.2, -0.15) is 13.2 Å². The summed E-state index contributed by atoms with van der Waals surface area (Å²) in [4.78, 5) is 7.78. The summed E-state index contributed by atoms with van der Waals surface area (Å²) < 4.78 is 64.2. The molecule has 0 aliphatic heterocycles. The molecular weight excluding hydrogens is 542 g/mol. The fraction of sp³-hybridized carbons (Fsp3) is 0.750. The van der Waals surface area contributed by atoms with Crippen molar-refractivity contribution in [3.05, 3.63) is 16.1 Å². The number of halogens is 4. The highest BCUT2D eigenvalue weighted by molar-refractivity contribution is 14.0. The number of rotatable bonds is 10. The molecule has 1 aromatic heterocycles. The summed E-state index contributed by atoms with van der Waals surface area (Å²) in [7, 11) is -3.37. The van der Waals surface area contributed by atoms with Gasteiger partial charge in [-0.25, -0.2) is 18.1 Å². The second-order valence-electron chi connectivity index (χ2n) is 6.53. The highest BCUT2D eigenvalue weighted by Crippen LogP contribution is 2.30. The molecule has 29 heavy (non-hydrogen) atoms. The highest BCUT2D eigenvalue weighted by Gasteiger charge is 2.33. The quantitative estimate of drug-likeness (QED) is 0.229. The number of sulfonamides is 1. The van der Waals surface area contributed by atoms with Gasteiger partial charge in [-0.1, -0.05) is 6.42 Å². The average molecular weight is 569 g/mol. The minimum atomic E-state index is -4.43. The lowest BCUT2D eigenvalue weighted by Crippen LogP contribution is -2.39. The number of thiazole rings is 1. The van der Waals surface area contributed by atoms with E-state index in [1.54, 1.807) is 0 Å². The number of hydrogen-bond acceptors (Lipinski definition) is 5. The Kier molecular flexibility index (Phi) is 11.1. The molecule has 1 heterocycles. The molecule has 0 atom stereocenters. The van der Waals surface area contributed by atoms with Gasteiger partial charge in [-0.15, -0.1) is 35.3 Å². The summed E-state index contributed by atoms with van der Waals surface area (Å²) in [5, 5.41) is 7.33. The summed E-state index contributed by atoms with van der Waals surface area (Å²) in [6, 6.07) is 0. The molecule has 1 aromatic rings. The molecule has 1 aliphatic rings. The maximum absolute atomic E-state index is 12.6. The summed E-state index contributed by atoms with van der Waals surface area (Å²) in [6.07, 6.45) is -0.826. The Morgan fingerprint density at radius 3 is 2.62 bits per heavy atom. The first-order valence-corrected chi connectivity index (χ1v) is 11.7. The van der Waals surface area contributed by atoms with Crippen LogP contribution in [-0.4, -0.2) is 51.3 Å². The predicted molar refractivity (Wildman–Crippen MR) is 119 cm³/mol. The molecule has 0 saturated heterocycles. The molecule has 1 aliphatic carbocycles. The van der Waals surface area contributed by atoms with Crippen molar-refractivity contribution in [2.75, 3.05) is 31.9 Å². The van der Waals surface area contributed by atoms with Crippen LogP contribution >= 0.6 is 35.3 Å². The first-order chi connectivity index (χ1) is 13.2. The highest BCUT2D eigenvalue weighted by atomic mass is 127. The van der Waals surface area contributed by atoms with E-state index < -0.39 is 21.9 Å². The maximum Gasteiger partial charge on any atom is 0.434 e. The van der Waals surface area contributed by atoms with Gasteiger partial charge in [0, 0.05) is 31.4 Å². The summed E-state index contributed by atoms with van der Waals surface area (Å²) in [5.74, 6) is 0.753. The Balaban J connectivity index is 0.00000420. The minimum absolute atomic E-state index is 0. The Bertz CT molecular complexity index is 752. The second-order valence-corrected chi connectivity index (χ2v) is 9.40. The zero-order valence-electron chi connectivity index (χ0n) is 16.1. The number of alkyl halides is 3. The van der Waals surface area contributed by atoms with E-state index in [2.05, 4.69) is 25.3 Å². The number of nitrogens with zero attached hydrogens (tertiary/aromatic N) is 2. The van der Waals surface area contributed by atoms with Gasteiger partial charge in [0.1, 0.15) is 0 Å². The van der Waals surface area contributed by atoms with E-state index in [4.69, 9.17) is 0 Å². The molecule has 1 saturated carbocycles. The molecular formula is C16H27F3IN5O2S2. The molecule has 0 amide bonds. The van der Waals surface area contributed by atoms with E-state index in [0.29, 0.717) is 42.9 Å². The molecule has 168 valence electrons. The van der Waals surface area contributed by atoms with E-state index >= 15 is 0 Å². The molecule has 1 fully saturated rings. The second kappa shape index (κ2) is 12.2. The van der Waals surface area contributed by atoms with Crippen LogP contribution in [0.2, 0.25) is 0 Å². The van der Waals surface area contributed by atoms with Crippen molar-refractivity contribution in [1.29, 1.82) is 0 Å². The number of hydrogen-bond donors (Lipinski definition) is 3. The van der Waals surface area contributed by atoms with E-state index in [9.17, 15) is 21.6 Å². The molecule has 0 spiro atoms. The number of guanidine groups is 1. The van der Waals surface area contributed by atoms with Crippen LogP contribution in [0.4, 0.5) is 13.2 Å². The first-order valence-electron chi connectivity index (χ1n) is 9.20. The van der Waals surface area contributed by atoms with Crippen LogP contribution in [-0.2, 0) is 22.6 Å². The zero-order chi connectivity index (χ0) is 20.6. The van der Waals surface area contributed by atoms with Crippen molar-refractivity contribution >= 4 is 51.3 Å². The lowest BCUT2D eigenvalue weighted by Gasteiger charge is -2.25. The summed E-state index contributed by atoms with van der Waals surface area (Å²) >= 11 is 0.958. The Hall–Kier alpha value is -0.670. The van der Waals surface area contributed by atoms with Crippen molar-refractivity contribution in [3.8, 4) is 0 Å². The summed E-state index contributed by atoms with van der Waals surface area (Å²) in [5.41, 5.74) is -0.882. The largest absolute Gasteiger partial charge is 0.434 e. The normalized spacial score (nSPS) is 15.5. The van der Waals surface area contributed by atoms with Crippen LogP contribution in [0.3, 0.4) is 0 Å². The van der Waals surface area contributed by atoms with Crippen LogP contribution in [0.15, 0.2) is 10.4 Å². The molecule has 2 rings (SSSR count). The van der Waals surface area contributed by atoms with E-state index in [1.807, 2.05) is 6.92 Å².